The van der Waals surface area contributed by atoms with Crippen LogP contribution in [0.1, 0.15) is 11.3 Å². The molecule has 0 aliphatic carbocycles. The lowest BCUT2D eigenvalue weighted by Crippen LogP contribution is -2.27. The summed E-state index contributed by atoms with van der Waals surface area (Å²) in [5, 5.41) is 3.42. The van der Waals surface area contributed by atoms with E-state index in [1.165, 1.54) is 6.26 Å². The van der Waals surface area contributed by atoms with Crippen LogP contribution in [0.5, 0.6) is 11.5 Å². The van der Waals surface area contributed by atoms with Crippen LogP contribution >= 0.6 is 11.6 Å². The lowest BCUT2D eigenvalue weighted by atomic mass is 10.1. The molecule has 6 nitrogen and oxygen atoms in total. The van der Waals surface area contributed by atoms with Gasteiger partial charge in [-0.1, -0.05) is 29.8 Å². The lowest BCUT2D eigenvalue weighted by Gasteiger charge is -2.20. The summed E-state index contributed by atoms with van der Waals surface area (Å²) in [7, 11) is 0. The van der Waals surface area contributed by atoms with Gasteiger partial charge >= 0.3 is 0 Å². The lowest BCUT2D eigenvalue weighted by molar-refractivity contribution is -0.120. The smallest absolute Gasteiger partial charge is 0.226 e. The van der Waals surface area contributed by atoms with E-state index in [9.17, 15) is 4.79 Å². The van der Waals surface area contributed by atoms with Crippen molar-refractivity contribution < 1.29 is 18.7 Å². The molecular formula is C21H19ClN2O4. The SMILES string of the molecule is O=C(Cc1coc(-c2ccccc2)n1)NCCc1cc(Cl)c2c(c1)OCCO2. The first-order chi connectivity index (χ1) is 13.7. The van der Waals surface area contributed by atoms with E-state index in [-0.39, 0.29) is 12.3 Å². The monoisotopic (exact) mass is 398 g/mol. The minimum Gasteiger partial charge on any atom is -0.486 e. The number of rotatable bonds is 6. The van der Waals surface area contributed by atoms with E-state index in [1.807, 2.05) is 42.5 Å². The van der Waals surface area contributed by atoms with Gasteiger partial charge in [-0.25, -0.2) is 4.98 Å². The Labute approximate surface area is 167 Å². The number of fused-ring (bicyclic) bond motifs is 1. The van der Waals surface area contributed by atoms with Gasteiger partial charge in [0.15, 0.2) is 11.5 Å². The highest BCUT2D eigenvalue weighted by Gasteiger charge is 2.17. The molecule has 1 aliphatic heterocycles. The van der Waals surface area contributed by atoms with Gasteiger partial charge in [-0.05, 0) is 36.2 Å². The Morgan fingerprint density at radius 3 is 2.82 bits per heavy atom. The number of carbonyl (C=O) groups excluding carboxylic acids is 1. The standard InChI is InChI=1S/C21H19ClN2O4/c22-17-10-14(11-18-20(17)27-9-8-26-18)6-7-23-19(25)12-16-13-28-21(24-16)15-4-2-1-3-5-15/h1-5,10-11,13H,6-9,12H2,(H,23,25). The number of nitrogens with one attached hydrogen (secondary N) is 1. The Bertz CT molecular complexity index is 972. The highest BCUT2D eigenvalue weighted by molar-refractivity contribution is 6.32. The molecule has 0 saturated carbocycles. The number of oxazole rings is 1. The Balaban J connectivity index is 1.30. The van der Waals surface area contributed by atoms with Crippen LogP contribution in [0, 0.1) is 0 Å². The number of aromatic nitrogens is 1. The van der Waals surface area contributed by atoms with Gasteiger partial charge in [-0.3, -0.25) is 4.79 Å². The van der Waals surface area contributed by atoms with E-state index in [0.29, 0.717) is 54.3 Å². The molecule has 1 N–H and O–H groups in total. The first-order valence-electron chi connectivity index (χ1n) is 9.03. The van der Waals surface area contributed by atoms with Crippen LogP contribution < -0.4 is 14.8 Å². The van der Waals surface area contributed by atoms with Crippen molar-refractivity contribution in [2.24, 2.45) is 0 Å². The molecule has 28 heavy (non-hydrogen) atoms. The minimum atomic E-state index is -0.114. The number of halogens is 1. The summed E-state index contributed by atoms with van der Waals surface area (Å²) in [4.78, 5) is 16.6. The van der Waals surface area contributed by atoms with Crippen molar-refractivity contribution in [2.75, 3.05) is 19.8 Å². The normalized spacial score (nSPS) is 12.6. The van der Waals surface area contributed by atoms with Gasteiger partial charge in [-0.2, -0.15) is 0 Å². The van der Waals surface area contributed by atoms with E-state index < -0.39 is 0 Å². The summed E-state index contributed by atoms with van der Waals surface area (Å²) in [6, 6.07) is 13.3. The first-order valence-corrected chi connectivity index (χ1v) is 9.41. The highest BCUT2D eigenvalue weighted by Crippen LogP contribution is 2.38. The van der Waals surface area contributed by atoms with Crippen molar-refractivity contribution in [2.45, 2.75) is 12.8 Å². The van der Waals surface area contributed by atoms with E-state index >= 15 is 0 Å². The quantitative estimate of drug-likeness (QED) is 0.685. The molecule has 144 valence electrons. The maximum Gasteiger partial charge on any atom is 0.226 e. The molecule has 7 heteroatoms. The minimum absolute atomic E-state index is 0.114. The van der Waals surface area contributed by atoms with Crippen molar-refractivity contribution in [1.82, 2.24) is 10.3 Å². The first kappa shape index (κ1) is 18.4. The van der Waals surface area contributed by atoms with Crippen LogP contribution in [0.4, 0.5) is 0 Å². The van der Waals surface area contributed by atoms with Crippen LogP contribution in [-0.4, -0.2) is 30.6 Å². The summed E-state index contributed by atoms with van der Waals surface area (Å²) in [6.45, 7) is 1.49. The molecule has 0 bridgehead atoms. The average molecular weight is 399 g/mol. The Hall–Kier alpha value is -2.99. The largest absolute Gasteiger partial charge is 0.486 e. The zero-order valence-electron chi connectivity index (χ0n) is 15.1. The third kappa shape index (κ3) is 4.28. The van der Waals surface area contributed by atoms with Gasteiger partial charge in [0, 0.05) is 12.1 Å². The van der Waals surface area contributed by atoms with Crippen LogP contribution in [-0.2, 0) is 17.6 Å². The molecule has 0 saturated heterocycles. The second kappa shape index (κ2) is 8.35. The highest BCUT2D eigenvalue weighted by atomic mass is 35.5. The van der Waals surface area contributed by atoms with Gasteiger partial charge < -0.3 is 19.2 Å². The van der Waals surface area contributed by atoms with Gasteiger partial charge in [0.25, 0.3) is 0 Å². The number of benzene rings is 2. The van der Waals surface area contributed by atoms with Crippen LogP contribution in [0.2, 0.25) is 5.02 Å². The second-order valence-electron chi connectivity index (χ2n) is 6.39. The molecule has 1 aromatic heterocycles. The van der Waals surface area contributed by atoms with Crippen molar-refractivity contribution in [3.8, 4) is 23.0 Å². The van der Waals surface area contributed by atoms with E-state index in [0.717, 1.165) is 11.1 Å². The van der Waals surface area contributed by atoms with Crippen LogP contribution in [0.25, 0.3) is 11.5 Å². The van der Waals surface area contributed by atoms with Gasteiger partial charge in [0.05, 0.1) is 17.1 Å². The van der Waals surface area contributed by atoms with Crippen molar-refractivity contribution in [3.05, 3.63) is 65.0 Å². The number of ether oxygens (including phenoxy) is 2. The summed E-state index contributed by atoms with van der Waals surface area (Å²) in [6.07, 6.45) is 2.32. The molecule has 2 heterocycles. The molecule has 1 aliphatic rings. The van der Waals surface area contributed by atoms with Crippen molar-refractivity contribution >= 4 is 17.5 Å². The Morgan fingerprint density at radius 2 is 1.96 bits per heavy atom. The fourth-order valence-electron chi connectivity index (χ4n) is 2.98. The number of amides is 1. The Morgan fingerprint density at radius 1 is 1.14 bits per heavy atom. The zero-order chi connectivity index (χ0) is 19.3. The third-order valence-corrected chi connectivity index (χ3v) is 4.59. The summed E-state index contributed by atoms with van der Waals surface area (Å²) in [5.74, 6) is 1.63. The Kier molecular flexibility index (Phi) is 5.48. The van der Waals surface area contributed by atoms with Crippen LogP contribution in [0.15, 0.2) is 53.1 Å². The molecule has 3 aromatic rings. The summed E-state index contributed by atoms with van der Waals surface area (Å²) >= 11 is 6.24. The fraction of sp³-hybridized carbons (Fsp3) is 0.238. The third-order valence-electron chi connectivity index (χ3n) is 4.31. The van der Waals surface area contributed by atoms with Gasteiger partial charge in [0.2, 0.25) is 11.8 Å². The fourth-order valence-corrected chi connectivity index (χ4v) is 3.27. The topological polar surface area (TPSA) is 73.6 Å². The molecular weight excluding hydrogens is 380 g/mol. The van der Waals surface area contributed by atoms with Gasteiger partial charge in [-0.15, -0.1) is 0 Å². The summed E-state index contributed by atoms with van der Waals surface area (Å²) in [5.41, 5.74) is 2.45. The number of nitrogens with zero attached hydrogens (tertiary/aromatic N) is 1. The summed E-state index contributed by atoms with van der Waals surface area (Å²) < 4.78 is 16.5. The molecule has 4 rings (SSSR count). The number of hydrogen-bond acceptors (Lipinski definition) is 5. The molecule has 1 amide bonds. The maximum atomic E-state index is 12.2. The predicted octanol–water partition coefficient (Wildman–Crippen LogP) is 3.67. The molecule has 0 fully saturated rings. The molecule has 0 radical (unpaired) electrons. The zero-order valence-corrected chi connectivity index (χ0v) is 15.9. The molecule has 2 aromatic carbocycles. The van der Waals surface area contributed by atoms with Gasteiger partial charge in [0.1, 0.15) is 19.5 Å². The maximum absolute atomic E-state index is 12.2. The molecule has 0 atom stereocenters. The van der Waals surface area contributed by atoms with E-state index in [4.69, 9.17) is 25.5 Å². The number of hydrogen-bond donors (Lipinski definition) is 1. The predicted molar refractivity (Wildman–Crippen MR) is 105 cm³/mol. The molecule has 0 spiro atoms. The molecule has 0 unspecified atom stereocenters. The number of carbonyl (C=O) groups is 1. The van der Waals surface area contributed by atoms with Crippen LogP contribution in [0.3, 0.4) is 0 Å². The van der Waals surface area contributed by atoms with Crippen molar-refractivity contribution in [1.29, 1.82) is 0 Å². The van der Waals surface area contributed by atoms with Crippen molar-refractivity contribution in [3.63, 3.8) is 0 Å². The second-order valence-corrected chi connectivity index (χ2v) is 6.80. The van der Waals surface area contributed by atoms with E-state index in [2.05, 4.69) is 10.3 Å². The van der Waals surface area contributed by atoms with E-state index in [1.54, 1.807) is 0 Å². The average Bonchev–Trinajstić information content (AvgIpc) is 3.17.